The summed E-state index contributed by atoms with van der Waals surface area (Å²) in [5.74, 6) is -0.405. The van der Waals surface area contributed by atoms with Gasteiger partial charge in [0, 0.05) is 12.6 Å². The summed E-state index contributed by atoms with van der Waals surface area (Å²) in [5, 5.41) is 12.3. The van der Waals surface area contributed by atoms with E-state index in [4.69, 9.17) is 0 Å². The molecule has 16 heavy (non-hydrogen) atoms. The molecule has 3 nitrogen and oxygen atoms in total. The van der Waals surface area contributed by atoms with E-state index in [1.165, 1.54) is 6.07 Å². The SMILES string of the molecule is CNCCCN(C)Cc1cc(O)cc(F)c1. The highest BCUT2D eigenvalue weighted by molar-refractivity contribution is 5.28. The Bertz CT molecular complexity index is 311. The first kappa shape index (κ1) is 12.9. The van der Waals surface area contributed by atoms with Crippen molar-refractivity contribution in [3.8, 4) is 5.75 Å². The molecule has 0 unspecified atom stereocenters. The monoisotopic (exact) mass is 226 g/mol. The summed E-state index contributed by atoms with van der Waals surface area (Å²) >= 11 is 0. The van der Waals surface area contributed by atoms with Crippen molar-refractivity contribution in [3.63, 3.8) is 0 Å². The van der Waals surface area contributed by atoms with Gasteiger partial charge in [0.25, 0.3) is 0 Å². The van der Waals surface area contributed by atoms with Gasteiger partial charge in [0.2, 0.25) is 0 Å². The van der Waals surface area contributed by atoms with E-state index in [2.05, 4.69) is 10.2 Å². The van der Waals surface area contributed by atoms with Crippen molar-refractivity contribution >= 4 is 0 Å². The van der Waals surface area contributed by atoms with E-state index >= 15 is 0 Å². The van der Waals surface area contributed by atoms with Crippen molar-refractivity contribution in [1.29, 1.82) is 0 Å². The van der Waals surface area contributed by atoms with E-state index in [1.807, 2.05) is 14.1 Å². The van der Waals surface area contributed by atoms with E-state index in [-0.39, 0.29) is 5.75 Å². The van der Waals surface area contributed by atoms with Crippen LogP contribution in [0.2, 0.25) is 0 Å². The number of rotatable bonds is 6. The van der Waals surface area contributed by atoms with Crippen LogP contribution in [0.25, 0.3) is 0 Å². The summed E-state index contributed by atoms with van der Waals surface area (Å²) in [6.07, 6.45) is 1.05. The van der Waals surface area contributed by atoms with Crippen LogP contribution in [-0.4, -0.2) is 37.2 Å². The van der Waals surface area contributed by atoms with E-state index in [1.54, 1.807) is 6.07 Å². The standard InChI is InChI=1S/C12H19FN2O/c1-14-4-3-5-15(2)9-10-6-11(13)8-12(16)7-10/h6-8,14,16H,3-5,9H2,1-2H3. The largest absolute Gasteiger partial charge is 0.508 e. The number of aromatic hydroxyl groups is 1. The maximum Gasteiger partial charge on any atom is 0.127 e. The molecule has 0 aliphatic heterocycles. The lowest BCUT2D eigenvalue weighted by molar-refractivity contribution is 0.320. The van der Waals surface area contributed by atoms with Crippen LogP contribution in [0, 0.1) is 5.82 Å². The first-order chi connectivity index (χ1) is 7.61. The Morgan fingerprint density at radius 3 is 2.75 bits per heavy atom. The van der Waals surface area contributed by atoms with Crippen LogP contribution in [0.15, 0.2) is 18.2 Å². The van der Waals surface area contributed by atoms with Crippen LogP contribution in [0.3, 0.4) is 0 Å². The normalized spacial score (nSPS) is 11.0. The van der Waals surface area contributed by atoms with Gasteiger partial charge in [-0.2, -0.15) is 0 Å². The van der Waals surface area contributed by atoms with Crippen LogP contribution < -0.4 is 5.32 Å². The van der Waals surface area contributed by atoms with Gasteiger partial charge in [-0.15, -0.1) is 0 Å². The molecule has 0 aromatic heterocycles. The molecule has 0 radical (unpaired) electrons. The molecule has 4 heteroatoms. The number of nitrogens with one attached hydrogen (secondary N) is 1. The van der Waals surface area contributed by atoms with Crippen molar-refractivity contribution < 1.29 is 9.50 Å². The minimum Gasteiger partial charge on any atom is -0.508 e. The van der Waals surface area contributed by atoms with Crippen LogP contribution in [0.4, 0.5) is 4.39 Å². The Balaban J connectivity index is 2.45. The van der Waals surface area contributed by atoms with Crippen LogP contribution >= 0.6 is 0 Å². The number of nitrogens with zero attached hydrogens (tertiary/aromatic N) is 1. The van der Waals surface area contributed by atoms with E-state index in [0.29, 0.717) is 6.54 Å². The van der Waals surface area contributed by atoms with Crippen LogP contribution in [-0.2, 0) is 6.54 Å². The fourth-order valence-corrected chi connectivity index (χ4v) is 1.64. The second-order valence-electron chi connectivity index (χ2n) is 4.01. The third-order valence-corrected chi connectivity index (χ3v) is 2.36. The molecule has 90 valence electrons. The number of hydrogen-bond donors (Lipinski definition) is 2. The topological polar surface area (TPSA) is 35.5 Å². The Labute approximate surface area is 95.9 Å². The number of benzene rings is 1. The molecule has 0 amide bonds. The Morgan fingerprint density at radius 2 is 2.12 bits per heavy atom. The summed E-state index contributed by atoms with van der Waals surface area (Å²) in [4.78, 5) is 2.10. The maximum absolute atomic E-state index is 13.0. The predicted octanol–water partition coefficient (Wildman–Crippen LogP) is 1.57. The number of phenolic OH excluding ortho intramolecular Hbond substituents is 1. The quantitative estimate of drug-likeness (QED) is 0.723. The molecule has 0 fully saturated rings. The van der Waals surface area contributed by atoms with Crippen molar-refractivity contribution in [2.75, 3.05) is 27.2 Å². The minimum absolute atomic E-state index is 0.0152. The molecular formula is C12H19FN2O. The molecule has 1 rings (SSSR count). The van der Waals surface area contributed by atoms with E-state index in [9.17, 15) is 9.50 Å². The van der Waals surface area contributed by atoms with Crippen molar-refractivity contribution in [2.45, 2.75) is 13.0 Å². The second kappa shape index (κ2) is 6.45. The first-order valence-corrected chi connectivity index (χ1v) is 5.43. The van der Waals surface area contributed by atoms with Crippen LogP contribution in [0.5, 0.6) is 5.75 Å². The van der Waals surface area contributed by atoms with Crippen molar-refractivity contribution in [2.24, 2.45) is 0 Å². The lowest BCUT2D eigenvalue weighted by Crippen LogP contribution is -2.22. The molecule has 0 saturated heterocycles. The Morgan fingerprint density at radius 1 is 1.38 bits per heavy atom. The fraction of sp³-hybridized carbons (Fsp3) is 0.500. The van der Waals surface area contributed by atoms with E-state index in [0.717, 1.165) is 31.1 Å². The van der Waals surface area contributed by atoms with Crippen molar-refractivity contribution in [3.05, 3.63) is 29.6 Å². The molecule has 0 aliphatic rings. The predicted molar refractivity (Wildman–Crippen MR) is 62.9 cm³/mol. The first-order valence-electron chi connectivity index (χ1n) is 5.43. The number of hydrogen-bond acceptors (Lipinski definition) is 3. The van der Waals surface area contributed by atoms with Gasteiger partial charge in [-0.3, -0.25) is 0 Å². The molecule has 0 saturated carbocycles. The second-order valence-corrected chi connectivity index (χ2v) is 4.01. The highest BCUT2D eigenvalue weighted by Crippen LogP contribution is 2.15. The molecule has 0 aliphatic carbocycles. The zero-order valence-corrected chi connectivity index (χ0v) is 9.83. The zero-order chi connectivity index (χ0) is 12.0. The minimum atomic E-state index is -0.390. The number of phenols is 1. The van der Waals surface area contributed by atoms with E-state index < -0.39 is 5.82 Å². The van der Waals surface area contributed by atoms with Gasteiger partial charge < -0.3 is 15.3 Å². The molecule has 1 aromatic carbocycles. The smallest absolute Gasteiger partial charge is 0.127 e. The van der Waals surface area contributed by atoms with Gasteiger partial charge >= 0.3 is 0 Å². The summed E-state index contributed by atoms with van der Waals surface area (Å²) < 4.78 is 13.0. The lowest BCUT2D eigenvalue weighted by Gasteiger charge is -2.16. The average Bonchev–Trinajstić information content (AvgIpc) is 2.16. The molecule has 0 bridgehead atoms. The lowest BCUT2D eigenvalue weighted by atomic mass is 10.2. The molecule has 0 heterocycles. The Hall–Kier alpha value is -1.13. The third kappa shape index (κ3) is 4.59. The molecule has 2 N–H and O–H groups in total. The van der Waals surface area contributed by atoms with Gasteiger partial charge in [-0.25, -0.2) is 4.39 Å². The fourth-order valence-electron chi connectivity index (χ4n) is 1.64. The van der Waals surface area contributed by atoms with Gasteiger partial charge in [-0.05, 0) is 51.3 Å². The number of halogens is 1. The maximum atomic E-state index is 13.0. The average molecular weight is 226 g/mol. The molecule has 0 atom stereocenters. The van der Waals surface area contributed by atoms with Crippen molar-refractivity contribution in [1.82, 2.24) is 10.2 Å². The van der Waals surface area contributed by atoms with Gasteiger partial charge in [-0.1, -0.05) is 0 Å². The molecule has 1 aromatic rings. The summed E-state index contributed by atoms with van der Waals surface area (Å²) in [5.41, 5.74) is 0.796. The zero-order valence-electron chi connectivity index (χ0n) is 9.83. The highest BCUT2D eigenvalue weighted by Gasteiger charge is 2.03. The summed E-state index contributed by atoms with van der Waals surface area (Å²) in [7, 11) is 3.90. The molecule has 0 spiro atoms. The molecular weight excluding hydrogens is 207 g/mol. The van der Waals surface area contributed by atoms with Gasteiger partial charge in [0.15, 0.2) is 0 Å². The highest BCUT2D eigenvalue weighted by atomic mass is 19.1. The Kier molecular flexibility index (Phi) is 5.22. The van der Waals surface area contributed by atoms with Gasteiger partial charge in [0.05, 0.1) is 0 Å². The van der Waals surface area contributed by atoms with Crippen LogP contribution in [0.1, 0.15) is 12.0 Å². The van der Waals surface area contributed by atoms with Gasteiger partial charge in [0.1, 0.15) is 11.6 Å². The third-order valence-electron chi connectivity index (χ3n) is 2.36. The summed E-state index contributed by atoms with van der Waals surface area (Å²) in [6, 6.07) is 4.16. The summed E-state index contributed by atoms with van der Waals surface area (Å²) in [6.45, 7) is 2.56.